The second kappa shape index (κ2) is 3.19. The van der Waals surface area contributed by atoms with E-state index in [0.717, 1.165) is 0 Å². The molecule has 0 heterocycles. The van der Waals surface area contributed by atoms with Gasteiger partial charge in [-0.05, 0) is 0 Å². The third kappa shape index (κ3) is 282. The molecule has 0 bridgehead atoms. The topological polar surface area (TPSA) is 97.3 Å². The Hall–Kier alpha value is 0.930. The van der Waals surface area contributed by atoms with E-state index in [1.54, 1.807) is 0 Å². The molecule has 8 heteroatoms. The van der Waals surface area contributed by atoms with Crippen LogP contribution in [-0.2, 0) is 40.2 Å². The Morgan fingerprint density at radius 1 is 1.00 bits per heavy atom. The van der Waals surface area contributed by atoms with Gasteiger partial charge in [-0.1, -0.05) is 0 Å². The van der Waals surface area contributed by atoms with Crippen molar-refractivity contribution < 1.29 is 67.5 Å². The van der Waals surface area contributed by atoms with Gasteiger partial charge < -0.3 is 0 Å². The van der Waals surface area contributed by atoms with Gasteiger partial charge in [0.25, 0.3) is 0 Å². The maximum atomic E-state index is 8.61. The molecule has 0 amide bonds. The summed E-state index contributed by atoms with van der Waals surface area (Å²) < 4.78 is 43.1. The summed E-state index contributed by atoms with van der Waals surface area (Å²) in [5, 5.41) is 0. The Morgan fingerprint density at radius 2 is 1.00 bits per heavy atom. The van der Waals surface area contributed by atoms with Crippen molar-refractivity contribution >= 4 is 0 Å². The summed E-state index contributed by atoms with van der Waals surface area (Å²) >= 11 is -7.51. The minimum absolute atomic E-state index is 0. The van der Waals surface area contributed by atoms with Crippen LogP contribution in [0.2, 0.25) is 0 Å². The third-order valence-corrected chi connectivity index (χ3v) is 0. The van der Waals surface area contributed by atoms with Crippen LogP contribution in [0.5, 0.6) is 0 Å². The van der Waals surface area contributed by atoms with E-state index < -0.39 is 12.2 Å². The van der Waals surface area contributed by atoms with E-state index in [9.17, 15) is 0 Å². The molecule has 0 rings (SSSR count). The first kappa shape index (κ1) is 16.0. The van der Waals surface area contributed by atoms with E-state index in [1.165, 1.54) is 0 Å². The Kier molecular flexibility index (Phi) is 6.36. The predicted molar refractivity (Wildman–Crippen MR) is 2.06 cm³/mol. The third-order valence-electron chi connectivity index (χ3n) is 0. The van der Waals surface area contributed by atoms with E-state index in [2.05, 4.69) is 0 Å². The van der Waals surface area contributed by atoms with E-state index in [1.807, 2.05) is 0 Å². The molecule has 0 aliphatic rings. The average molecular weight is 201 g/mol. The average Bonchev–Trinajstić information content (AvgIpc) is 0.650. The molecule has 0 aromatic rings. The van der Waals surface area contributed by atoms with Crippen LogP contribution in [0.4, 0.5) is 0 Å². The van der Waals surface area contributed by atoms with Crippen LogP contribution in [0.3, 0.4) is 0 Å². The monoisotopic (exact) mass is 200 g/mol. The molecule has 0 aromatic heterocycles. The Balaban J connectivity index is -0.000000125. The quantitative estimate of drug-likeness (QED) is 0.363. The van der Waals surface area contributed by atoms with Crippen LogP contribution in [0.25, 0.3) is 0 Å². The second-order valence-electron chi connectivity index (χ2n) is 0.630. The van der Waals surface area contributed by atoms with Crippen molar-refractivity contribution in [2.45, 2.75) is 0 Å². The molecule has 0 atom stereocenters. The molecular weight excluding hydrogens is 201 g/mol. The van der Waals surface area contributed by atoms with Gasteiger partial charge in [0.2, 0.25) is 0 Å². The van der Waals surface area contributed by atoms with Gasteiger partial charge in [-0.2, -0.15) is 0 Å². The van der Waals surface area contributed by atoms with Crippen molar-refractivity contribution in [3.63, 3.8) is 0 Å². The summed E-state index contributed by atoms with van der Waals surface area (Å²) in [5.41, 5.74) is 0. The molecule has 0 aliphatic heterocycles. The van der Waals surface area contributed by atoms with E-state index >= 15 is 0 Å². The summed E-state index contributed by atoms with van der Waals surface area (Å²) in [5.74, 6) is 0. The zero-order valence-corrected chi connectivity index (χ0v) is 5.90. The first-order valence-electron chi connectivity index (χ1n) is 0.772. The van der Waals surface area contributed by atoms with Gasteiger partial charge in [-0.15, -0.1) is 0 Å². The molecule has 0 fully saturated rings. The number of rotatable bonds is 0. The van der Waals surface area contributed by atoms with E-state index in [4.69, 9.17) is 19.9 Å². The summed E-state index contributed by atoms with van der Waals surface area (Å²) in [6.07, 6.45) is 0. The van der Waals surface area contributed by atoms with Gasteiger partial charge >= 0.3 is 67.5 Å². The molecule has 5 nitrogen and oxygen atoms in total. The van der Waals surface area contributed by atoms with Gasteiger partial charge in [0, 0.05) is 0 Å². The molecule has 0 radical (unpaired) electrons. The van der Waals surface area contributed by atoms with Gasteiger partial charge in [0.05, 0.1) is 0 Å². The molecule has 0 spiro atoms. The van der Waals surface area contributed by atoms with Crippen LogP contribution in [0, 0.1) is 0 Å². The predicted octanol–water partition coefficient (Wildman–Crippen LogP) is -5.74. The van der Waals surface area contributed by atoms with Gasteiger partial charge in [0.1, 0.15) is 0 Å². The molecule has 8 heavy (non-hydrogen) atoms. The SMILES string of the molecule is [Li+].[Ni+2].[O]=[Mn](=[O])(=[O])([O-])[O-]. The molecular formula is LiMnNiO5+. The zero-order valence-electron chi connectivity index (χ0n) is 3.74. The standard InChI is InChI=1S/Li.Mn.Ni.5O/q+1;;+2;;;;2*-1. The summed E-state index contributed by atoms with van der Waals surface area (Å²) in [4.78, 5) is 0. The molecule has 0 saturated carbocycles. The fourth-order valence-corrected chi connectivity index (χ4v) is 0. The zero-order chi connectivity index (χ0) is 5.45. The molecule has 0 aromatic carbocycles. The van der Waals surface area contributed by atoms with Crippen molar-refractivity contribution in [2.75, 3.05) is 0 Å². The van der Waals surface area contributed by atoms with Crippen molar-refractivity contribution in [1.82, 2.24) is 0 Å². The van der Waals surface area contributed by atoms with Crippen LogP contribution in [0.15, 0.2) is 0 Å². The van der Waals surface area contributed by atoms with Crippen LogP contribution in [0.1, 0.15) is 0 Å². The van der Waals surface area contributed by atoms with Crippen molar-refractivity contribution in [1.29, 1.82) is 0 Å². The summed E-state index contributed by atoms with van der Waals surface area (Å²) in [7, 11) is 0. The summed E-state index contributed by atoms with van der Waals surface area (Å²) in [6, 6.07) is 0. The molecule has 0 unspecified atom stereocenters. The van der Waals surface area contributed by atoms with Gasteiger partial charge in [-0.3, -0.25) is 0 Å². The Morgan fingerprint density at radius 3 is 1.00 bits per heavy atom. The Bertz CT molecular complexity index is 191. The fraction of sp³-hybridized carbons (Fsp3) is 0. The van der Waals surface area contributed by atoms with E-state index in [-0.39, 0.29) is 35.4 Å². The van der Waals surface area contributed by atoms with Gasteiger partial charge in [0.15, 0.2) is 0 Å². The van der Waals surface area contributed by atoms with Crippen molar-refractivity contribution in [3.8, 4) is 0 Å². The second-order valence-corrected chi connectivity index (χ2v) is 2.60. The fourth-order valence-electron chi connectivity index (χ4n) is 0. The van der Waals surface area contributed by atoms with Crippen LogP contribution < -0.4 is 27.2 Å². The van der Waals surface area contributed by atoms with Crippen molar-refractivity contribution in [3.05, 3.63) is 0 Å². The van der Waals surface area contributed by atoms with Crippen molar-refractivity contribution in [2.24, 2.45) is 0 Å². The minimum atomic E-state index is -7.51. The first-order valence-corrected chi connectivity index (χ1v) is 3.18. The van der Waals surface area contributed by atoms with Crippen LogP contribution >= 0.6 is 0 Å². The first-order chi connectivity index (χ1) is 2.24. The molecule has 0 saturated heterocycles. The Labute approximate surface area is 67.4 Å². The van der Waals surface area contributed by atoms with E-state index in [0.29, 0.717) is 0 Å². The number of hydrogen-bond donors (Lipinski definition) is 0. The summed E-state index contributed by atoms with van der Waals surface area (Å²) in [6.45, 7) is 0. The normalized spacial score (nSPS) is 14.0. The van der Waals surface area contributed by atoms with Crippen LogP contribution in [-0.4, -0.2) is 0 Å². The number of hydrogen-bond acceptors (Lipinski definition) is 5. The van der Waals surface area contributed by atoms with Gasteiger partial charge in [-0.25, -0.2) is 0 Å². The molecule has 0 N–H and O–H groups in total. The molecule has 47 valence electrons. The maximum absolute atomic E-state index is 8.61. The molecule has 0 aliphatic carbocycles.